The second kappa shape index (κ2) is 3.28. The molecule has 1 heterocycles. The van der Waals surface area contributed by atoms with Gasteiger partial charge in [0.05, 0.1) is 7.11 Å². The minimum absolute atomic E-state index is 0.355. The molecule has 0 fully saturated rings. The van der Waals surface area contributed by atoms with Crippen molar-refractivity contribution < 1.29 is 4.74 Å². The average Bonchev–Trinajstić information content (AvgIpc) is 2.62. The molecule has 1 aromatic heterocycles. The van der Waals surface area contributed by atoms with Crippen LogP contribution in [0.25, 0.3) is 10.9 Å². The summed E-state index contributed by atoms with van der Waals surface area (Å²) in [7, 11) is 1.68. The van der Waals surface area contributed by atoms with Gasteiger partial charge in [-0.2, -0.15) is 0 Å². The van der Waals surface area contributed by atoms with Gasteiger partial charge in [0.25, 0.3) is 0 Å². The predicted molar refractivity (Wildman–Crippen MR) is 62.1 cm³/mol. The topological polar surface area (TPSA) is 51.0 Å². The van der Waals surface area contributed by atoms with E-state index in [0.717, 1.165) is 22.2 Å². The van der Waals surface area contributed by atoms with Crippen molar-refractivity contribution in [3.05, 3.63) is 30.0 Å². The van der Waals surface area contributed by atoms with Crippen LogP contribution in [0.15, 0.2) is 24.4 Å². The quantitative estimate of drug-likeness (QED) is 0.789. The molecule has 3 heteroatoms. The summed E-state index contributed by atoms with van der Waals surface area (Å²) in [6, 6.07) is 6.06. The molecule has 0 amide bonds. The molecule has 0 spiro atoms. The van der Waals surface area contributed by atoms with Gasteiger partial charge >= 0.3 is 0 Å². The van der Waals surface area contributed by atoms with Crippen molar-refractivity contribution in [1.29, 1.82) is 0 Å². The zero-order chi connectivity index (χ0) is 11.1. The predicted octanol–water partition coefficient (Wildman–Crippen LogP) is 2.37. The first-order valence-corrected chi connectivity index (χ1v) is 4.97. The van der Waals surface area contributed by atoms with Gasteiger partial charge in [-0.1, -0.05) is 0 Å². The fourth-order valence-electron chi connectivity index (χ4n) is 1.67. The van der Waals surface area contributed by atoms with Crippen molar-refractivity contribution in [2.24, 2.45) is 5.73 Å². The van der Waals surface area contributed by atoms with Crippen LogP contribution in [-0.4, -0.2) is 12.1 Å². The summed E-state index contributed by atoms with van der Waals surface area (Å²) in [6.07, 6.45) is 1.90. The number of ether oxygens (including phenoxy) is 1. The lowest BCUT2D eigenvalue weighted by atomic mass is 9.94. The molecule has 0 radical (unpaired) electrons. The molecule has 0 saturated heterocycles. The summed E-state index contributed by atoms with van der Waals surface area (Å²) < 4.78 is 5.35. The van der Waals surface area contributed by atoms with Gasteiger partial charge in [-0.3, -0.25) is 0 Å². The van der Waals surface area contributed by atoms with E-state index in [1.165, 1.54) is 0 Å². The molecule has 0 unspecified atom stereocenters. The minimum Gasteiger partial charge on any atom is -0.496 e. The second-order valence-electron chi connectivity index (χ2n) is 4.34. The Balaban J connectivity index is 2.69. The monoisotopic (exact) mass is 204 g/mol. The summed E-state index contributed by atoms with van der Waals surface area (Å²) in [4.78, 5) is 3.17. The van der Waals surface area contributed by atoms with Crippen LogP contribution in [0.1, 0.15) is 19.4 Å². The Labute approximate surface area is 89.2 Å². The number of methoxy groups -OCH3 is 1. The Morgan fingerprint density at radius 3 is 2.67 bits per heavy atom. The Hall–Kier alpha value is -1.48. The lowest BCUT2D eigenvalue weighted by molar-refractivity contribution is 0.417. The molecule has 3 nitrogen and oxygen atoms in total. The maximum Gasteiger partial charge on any atom is 0.128 e. The highest BCUT2D eigenvalue weighted by atomic mass is 16.5. The van der Waals surface area contributed by atoms with E-state index in [9.17, 15) is 0 Å². The van der Waals surface area contributed by atoms with Crippen molar-refractivity contribution in [2.75, 3.05) is 7.11 Å². The molecule has 15 heavy (non-hydrogen) atoms. The number of benzene rings is 1. The first kappa shape index (κ1) is 10.1. The number of hydrogen-bond acceptors (Lipinski definition) is 2. The molecular formula is C12H16N2O. The van der Waals surface area contributed by atoms with Gasteiger partial charge in [0.1, 0.15) is 5.75 Å². The summed E-state index contributed by atoms with van der Waals surface area (Å²) >= 11 is 0. The largest absolute Gasteiger partial charge is 0.496 e. The second-order valence-corrected chi connectivity index (χ2v) is 4.34. The fraction of sp³-hybridized carbons (Fsp3) is 0.333. The maximum absolute atomic E-state index is 6.07. The Kier molecular flexibility index (Phi) is 2.20. The summed E-state index contributed by atoms with van der Waals surface area (Å²) in [6.45, 7) is 3.97. The van der Waals surface area contributed by atoms with E-state index in [4.69, 9.17) is 10.5 Å². The number of fused-ring (bicyclic) bond motifs is 1. The van der Waals surface area contributed by atoms with Gasteiger partial charge in [-0.15, -0.1) is 0 Å². The molecule has 0 aliphatic rings. The molecule has 1 aromatic carbocycles. The van der Waals surface area contributed by atoms with Gasteiger partial charge in [-0.05, 0) is 37.6 Å². The zero-order valence-corrected chi connectivity index (χ0v) is 9.29. The van der Waals surface area contributed by atoms with Crippen LogP contribution >= 0.6 is 0 Å². The lowest BCUT2D eigenvalue weighted by Gasteiger charge is -2.20. The summed E-state index contributed by atoms with van der Waals surface area (Å²) in [5.41, 5.74) is 7.84. The van der Waals surface area contributed by atoms with E-state index in [0.29, 0.717) is 0 Å². The van der Waals surface area contributed by atoms with Crippen LogP contribution in [0.5, 0.6) is 5.75 Å². The van der Waals surface area contributed by atoms with Gasteiger partial charge < -0.3 is 15.5 Å². The summed E-state index contributed by atoms with van der Waals surface area (Å²) in [5, 5.41) is 1.09. The number of rotatable bonds is 2. The van der Waals surface area contributed by atoms with Crippen LogP contribution in [0.4, 0.5) is 0 Å². The van der Waals surface area contributed by atoms with Crippen LogP contribution in [-0.2, 0) is 5.54 Å². The van der Waals surface area contributed by atoms with Crippen LogP contribution < -0.4 is 10.5 Å². The third-order valence-corrected chi connectivity index (χ3v) is 2.59. The fourth-order valence-corrected chi connectivity index (χ4v) is 1.67. The molecule has 80 valence electrons. The van der Waals surface area contributed by atoms with Crippen LogP contribution in [0.2, 0.25) is 0 Å². The van der Waals surface area contributed by atoms with E-state index in [2.05, 4.69) is 11.1 Å². The highest BCUT2D eigenvalue weighted by molar-refractivity contribution is 5.86. The molecule has 3 N–H and O–H groups in total. The molecule has 0 aliphatic heterocycles. The number of H-pyrrole nitrogens is 1. The Morgan fingerprint density at radius 2 is 2.07 bits per heavy atom. The molecule has 2 rings (SSSR count). The van der Waals surface area contributed by atoms with E-state index in [1.807, 2.05) is 32.2 Å². The van der Waals surface area contributed by atoms with Gasteiger partial charge in [0.15, 0.2) is 0 Å². The van der Waals surface area contributed by atoms with Crippen LogP contribution in [0.3, 0.4) is 0 Å². The molecular weight excluding hydrogens is 188 g/mol. The zero-order valence-electron chi connectivity index (χ0n) is 9.29. The molecule has 2 aromatic rings. The smallest absolute Gasteiger partial charge is 0.128 e. The number of hydrogen-bond donors (Lipinski definition) is 2. The number of nitrogens with one attached hydrogen (secondary N) is 1. The van der Waals surface area contributed by atoms with E-state index >= 15 is 0 Å². The standard InChI is InChI=1S/C12H16N2O/c1-12(2,13)8-6-10-9(4-5-14-10)11(7-8)15-3/h4-7,14H,13H2,1-3H3. The Morgan fingerprint density at radius 1 is 1.33 bits per heavy atom. The van der Waals surface area contributed by atoms with Gasteiger partial charge in [-0.25, -0.2) is 0 Å². The minimum atomic E-state index is -0.355. The molecule has 0 bridgehead atoms. The van der Waals surface area contributed by atoms with Gasteiger partial charge in [0.2, 0.25) is 0 Å². The lowest BCUT2D eigenvalue weighted by Crippen LogP contribution is -2.28. The number of nitrogens with two attached hydrogens (primary N) is 1. The number of aromatic nitrogens is 1. The van der Waals surface area contributed by atoms with E-state index in [-0.39, 0.29) is 5.54 Å². The van der Waals surface area contributed by atoms with Crippen molar-refractivity contribution in [1.82, 2.24) is 4.98 Å². The maximum atomic E-state index is 6.07. The van der Waals surface area contributed by atoms with Gasteiger partial charge in [0, 0.05) is 22.6 Å². The third-order valence-electron chi connectivity index (χ3n) is 2.59. The SMILES string of the molecule is COc1cc(C(C)(C)N)cc2[nH]ccc12. The Bertz CT molecular complexity index is 480. The van der Waals surface area contributed by atoms with Crippen molar-refractivity contribution in [3.8, 4) is 5.75 Å². The van der Waals surface area contributed by atoms with E-state index < -0.39 is 0 Å². The number of aromatic amines is 1. The van der Waals surface area contributed by atoms with Crippen molar-refractivity contribution in [3.63, 3.8) is 0 Å². The average molecular weight is 204 g/mol. The normalized spacial score (nSPS) is 12.0. The first-order valence-electron chi connectivity index (χ1n) is 4.97. The third kappa shape index (κ3) is 1.70. The first-order chi connectivity index (χ1) is 7.02. The highest BCUT2D eigenvalue weighted by Crippen LogP contribution is 2.30. The highest BCUT2D eigenvalue weighted by Gasteiger charge is 2.17. The van der Waals surface area contributed by atoms with Crippen LogP contribution in [0, 0.1) is 0 Å². The van der Waals surface area contributed by atoms with Crippen molar-refractivity contribution in [2.45, 2.75) is 19.4 Å². The molecule has 0 saturated carbocycles. The molecule has 0 atom stereocenters. The molecule has 0 aliphatic carbocycles. The summed E-state index contributed by atoms with van der Waals surface area (Å²) in [5.74, 6) is 0.863. The van der Waals surface area contributed by atoms with E-state index in [1.54, 1.807) is 7.11 Å². The van der Waals surface area contributed by atoms with Crippen molar-refractivity contribution >= 4 is 10.9 Å².